The Hall–Kier alpha value is -3.95. The van der Waals surface area contributed by atoms with Gasteiger partial charge in [-0.1, -0.05) is 12.1 Å². The van der Waals surface area contributed by atoms with Crippen LogP contribution in [0.3, 0.4) is 0 Å². The molecule has 172 valence electrons. The van der Waals surface area contributed by atoms with Gasteiger partial charge in [-0.3, -0.25) is 4.79 Å². The van der Waals surface area contributed by atoms with Gasteiger partial charge < -0.3 is 34.5 Å². The Bertz CT molecular complexity index is 1480. The molecule has 1 fully saturated rings. The van der Waals surface area contributed by atoms with Gasteiger partial charge in [0.05, 0.1) is 30.6 Å². The van der Waals surface area contributed by atoms with Crippen molar-refractivity contribution in [3.8, 4) is 23.0 Å². The van der Waals surface area contributed by atoms with E-state index in [-0.39, 0.29) is 71.8 Å². The van der Waals surface area contributed by atoms with E-state index in [9.17, 15) is 4.79 Å². The summed E-state index contributed by atoms with van der Waals surface area (Å²) in [6.45, 7) is -1.46. The predicted molar refractivity (Wildman–Crippen MR) is 122 cm³/mol. The number of amides is 1. The lowest BCUT2D eigenvalue weighted by Crippen LogP contribution is -2.54. The van der Waals surface area contributed by atoms with E-state index >= 15 is 0 Å². The van der Waals surface area contributed by atoms with Crippen molar-refractivity contribution < 1.29 is 34.7 Å². The van der Waals surface area contributed by atoms with Gasteiger partial charge in [0.15, 0.2) is 23.0 Å². The Balaban J connectivity index is 1.35. The zero-order valence-electron chi connectivity index (χ0n) is 25.3. The van der Waals surface area contributed by atoms with Gasteiger partial charge in [0, 0.05) is 37.6 Å². The van der Waals surface area contributed by atoms with E-state index in [1.807, 2.05) is 0 Å². The molecule has 0 saturated carbocycles. The van der Waals surface area contributed by atoms with Crippen molar-refractivity contribution in [3.05, 3.63) is 36.4 Å². The molecule has 1 unspecified atom stereocenters. The Morgan fingerprint density at radius 3 is 2.61 bits per heavy atom. The smallest absolute Gasteiger partial charge is 0.267 e. The highest BCUT2D eigenvalue weighted by Crippen LogP contribution is 2.34. The minimum atomic E-state index is -2.89. The molecule has 0 aliphatic carbocycles. The minimum Gasteiger partial charge on any atom is -0.493 e. The zero-order chi connectivity index (χ0) is 29.7. The molecule has 0 spiro atoms. The number of nitrogens with two attached hydrogens (primary N) is 1. The molecule has 1 aromatic heterocycles. The van der Waals surface area contributed by atoms with Crippen LogP contribution in [0.15, 0.2) is 36.4 Å². The zero-order valence-corrected chi connectivity index (χ0v) is 17.3. The molecule has 1 amide bonds. The maximum Gasteiger partial charge on any atom is 0.267 e. The van der Waals surface area contributed by atoms with Gasteiger partial charge in [-0.2, -0.15) is 4.98 Å². The number of nitrogens with zero attached hydrogens (tertiary/aromatic N) is 4. The van der Waals surface area contributed by atoms with Crippen LogP contribution in [0.4, 0.5) is 11.8 Å². The summed E-state index contributed by atoms with van der Waals surface area (Å²) < 4.78 is 81.8. The van der Waals surface area contributed by atoms with Gasteiger partial charge in [-0.15, -0.1) is 0 Å². The molecule has 0 bridgehead atoms. The van der Waals surface area contributed by atoms with E-state index in [0.717, 1.165) is 0 Å². The van der Waals surface area contributed by atoms with Crippen LogP contribution < -0.4 is 29.6 Å². The summed E-state index contributed by atoms with van der Waals surface area (Å²) in [4.78, 5) is 25.2. The number of rotatable bonds is 4. The van der Waals surface area contributed by atoms with Gasteiger partial charge in [0.1, 0.15) is 12.4 Å². The third-order valence-electron chi connectivity index (χ3n) is 5.47. The second kappa shape index (κ2) is 8.53. The second-order valence-electron chi connectivity index (χ2n) is 7.41. The number of benzene rings is 2. The predicted octanol–water partition coefficient (Wildman–Crippen LogP) is 1.72. The third kappa shape index (κ3) is 3.88. The number of carbonyl (C=O) groups excluding carboxylic acids is 1. The van der Waals surface area contributed by atoms with Crippen molar-refractivity contribution in [1.29, 1.82) is 0 Å². The summed E-state index contributed by atoms with van der Waals surface area (Å²) in [7, 11) is -5.78. The van der Waals surface area contributed by atoms with E-state index in [1.54, 1.807) is 29.2 Å². The quantitative estimate of drug-likeness (QED) is 0.623. The molecule has 3 heterocycles. The summed E-state index contributed by atoms with van der Waals surface area (Å²) >= 11 is 0. The topological polar surface area (TPSA) is 112 Å². The number of anilines is 2. The van der Waals surface area contributed by atoms with Crippen LogP contribution in [0.25, 0.3) is 10.9 Å². The molecule has 2 aliphatic rings. The van der Waals surface area contributed by atoms with E-state index in [2.05, 4.69) is 9.97 Å². The fourth-order valence-electron chi connectivity index (χ4n) is 3.74. The molecule has 5 rings (SSSR count). The highest BCUT2D eigenvalue weighted by atomic mass is 16.6. The molecule has 1 saturated heterocycles. The first-order valence-corrected chi connectivity index (χ1v) is 10.1. The highest BCUT2D eigenvalue weighted by Gasteiger charge is 2.33. The Labute approximate surface area is 202 Å². The number of aromatic nitrogens is 2. The van der Waals surface area contributed by atoms with Crippen molar-refractivity contribution in [2.24, 2.45) is 0 Å². The van der Waals surface area contributed by atoms with E-state index in [0.29, 0.717) is 0 Å². The molecule has 1 atom stereocenters. The molecule has 33 heavy (non-hydrogen) atoms. The van der Waals surface area contributed by atoms with Crippen molar-refractivity contribution in [3.63, 3.8) is 0 Å². The SMILES string of the molecule is [2H]C([2H])([2H])Oc1cc2nc(N3CCN(C(=O)C4Oc5ccccc5OC4([2H])[2H])CC3)nc(N)c2cc1OC([2H])([2H])[2H]. The highest BCUT2D eigenvalue weighted by molar-refractivity contribution is 5.91. The van der Waals surface area contributed by atoms with Gasteiger partial charge >= 0.3 is 0 Å². The third-order valence-corrected chi connectivity index (χ3v) is 5.47. The van der Waals surface area contributed by atoms with Crippen molar-refractivity contribution >= 4 is 28.6 Å². The number of para-hydroxylation sites is 2. The van der Waals surface area contributed by atoms with Crippen LogP contribution in [0.5, 0.6) is 23.0 Å². The molecule has 2 aromatic carbocycles. The minimum absolute atomic E-state index is 0.0149. The molecule has 10 heteroatoms. The molecule has 10 nitrogen and oxygen atoms in total. The van der Waals surface area contributed by atoms with Crippen LogP contribution >= 0.6 is 0 Å². The number of hydrogen-bond acceptors (Lipinski definition) is 9. The van der Waals surface area contributed by atoms with Gasteiger partial charge in [-0.05, 0) is 18.2 Å². The summed E-state index contributed by atoms with van der Waals surface area (Å²) in [6, 6.07) is 8.93. The summed E-state index contributed by atoms with van der Waals surface area (Å²) in [5.41, 5.74) is 6.34. The van der Waals surface area contributed by atoms with Crippen LogP contribution in [-0.4, -0.2) is 73.7 Å². The van der Waals surface area contributed by atoms with Crippen LogP contribution in [-0.2, 0) is 4.79 Å². The van der Waals surface area contributed by atoms with Crippen LogP contribution in [0, 0.1) is 0 Å². The number of nitrogen functional groups attached to an aromatic ring is 1. The molecule has 3 aromatic rings. The fourth-order valence-corrected chi connectivity index (χ4v) is 3.74. The van der Waals surface area contributed by atoms with E-state index in [1.165, 1.54) is 17.0 Å². The van der Waals surface area contributed by atoms with E-state index < -0.39 is 32.6 Å². The molecule has 2 N–H and O–H groups in total. The lowest BCUT2D eigenvalue weighted by molar-refractivity contribution is -0.141. The average molecular weight is 460 g/mol. The maximum atomic E-state index is 13.2. The number of fused-ring (bicyclic) bond motifs is 2. The largest absolute Gasteiger partial charge is 0.493 e. The summed E-state index contributed by atoms with van der Waals surface area (Å²) in [5, 5.41) is 0.219. The second-order valence-corrected chi connectivity index (χ2v) is 7.41. The standard InChI is InChI=1S/C23H25N5O5/c1-30-18-11-14-15(12-19(18)31-2)25-23(26-21(14)24)28-9-7-27(8-10-28)22(29)20-13-32-16-5-3-4-6-17(16)33-20/h3-6,11-12,20H,7-10,13H2,1-2H3,(H2,24,25,26)/i1D3,2D3,13D2. The Kier molecular flexibility index (Phi) is 3.51. The molecule has 0 radical (unpaired) electrons. The van der Waals surface area contributed by atoms with Crippen molar-refractivity contribution in [1.82, 2.24) is 14.9 Å². The van der Waals surface area contributed by atoms with E-state index in [4.69, 9.17) is 35.6 Å². The van der Waals surface area contributed by atoms with Crippen LogP contribution in [0.2, 0.25) is 0 Å². The van der Waals surface area contributed by atoms with Crippen molar-refractivity contribution in [2.75, 3.05) is 57.4 Å². The molecular formula is C23H25N5O5. The number of piperazine rings is 1. The van der Waals surface area contributed by atoms with Crippen LogP contribution in [0.1, 0.15) is 11.0 Å². The maximum absolute atomic E-state index is 13.2. The first-order chi connectivity index (χ1) is 19.1. The lowest BCUT2D eigenvalue weighted by atomic mass is 10.2. The van der Waals surface area contributed by atoms with Gasteiger partial charge in [0.2, 0.25) is 12.1 Å². The molecular weight excluding hydrogens is 426 g/mol. The summed E-state index contributed by atoms with van der Waals surface area (Å²) in [5.74, 6) is -0.641. The lowest BCUT2D eigenvalue weighted by Gasteiger charge is -2.37. The molecule has 2 aliphatic heterocycles. The number of carbonyl (C=O) groups is 1. The first-order valence-electron chi connectivity index (χ1n) is 14.1. The first kappa shape index (κ1) is 13.6. The average Bonchev–Trinajstić information content (AvgIpc) is 2.86. The fraction of sp³-hybridized carbons (Fsp3) is 0.348. The Morgan fingerprint density at radius 1 is 1.12 bits per heavy atom. The number of ether oxygens (including phenoxy) is 4. The monoisotopic (exact) mass is 459 g/mol. The normalized spacial score (nSPS) is 23.6. The number of hydrogen-bond donors (Lipinski definition) is 1. The summed E-state index contributed by atoms with van der Waals surface area (Å²) in [6.07, 6.45) is -1.50. The van der Waals surface area contributed by atoms with Gasteiger partial charge in [-0.25, -0.2) is 4.98 Å². The number of methoxy groups -OCH3 is 2. The van der Waals surface area contributed by atoms with Crippen molar-refractivity contribution in [2.45, 2.75) is 6.10 Å². The Morgan fingerprint density at radius 2 is 1.85 bits per heavy atom. The van der Waals surface area contributed by atoms with Gasteiger partial charge in [0.25, 0.3) is 5.91 Å².